The molecule has 1 atom stereocenters. The van der Waals surface area contributed by atoms with Gasteiger partial charge in [0.2, 0.25) is 0 Å². The van der Waals surface area contributed by atoms with Gasteiger partial charge in [0.15, 0.2) is 23.1 Å². The summed E-state index contributed by atoms with van der Waals surface area (Å²) in [6.45, 7) is 0.504. The first-order valence-electron chi connectivity index (χ1n) is 9.43. The van der Waals surface area contributed by atoms with E-state index in [9.17, 15) is 0 Å². The van der Waals surface area contributed by atoms with Crippen molar-refractivity contribution in [2.45, 2.75) is 5.92 Å². The fourth-order valence-corrected chi connectivity index (χ4v) is 3.45. The van der Waals surface area contributed by atoms with Crippen molar-refractivity contribution in [2.75, 3.05) is 27.9 Å². The minimum absolute atomic E-state index is 0.0585. The minimum Gasteiger partial charge on any atom is -0.493 e. The lowest BCUT2D eigenvalue weighted by atomic mass is 9.98. The van der Waals surface area contributed by atoms with E-state index < -0.39 is 0 Å². The van der Waals surface area contributed by atoms with Crippen LogP contribution in [-0.4, -0.2) is 48.7 Å². The number of pyridine rings is 1. The Morgan fingerprint density at radius 3 is 2.43 bits per heavy atom. The first kappa shape index (κ1) is 19.5. The van der Waals surface area contributed by atoms with Gasteiger partial charge < -0.3 is 24.9 Å². The molecule has 8 nitrogen and oxygen atoms in total. The van der Waals surface area contributed by atoms with Crippen LogP contribution in [0.1, 0.15) is 11.6 Å². The van der Waals surface area contributed by atoms with Gasteiger partial charge in [-0.15, -0.1) is 0 Å². The van der Waals surface area contributed by atoms with Crippen molar-refractivity contribution in [1.82, 2.24) is 15.0 Å². The average molecular weight is 405 g/mol. The summed E-state index contributed by atoms with van der Waals surface area (Å²) in [4.78, 5) is 16.9. The number of dihydropyridines is 1. The fourth-order valence-electron chi connectivity index (χ4n) is 3.45. The Bertz CT molecular complexity index is 1110. The molecule has 0 saturated carbocycles. The zero-order valence-electron chi connectivity index (χ0n) is 17.0. The number of hydrogen-bond donors (Lipinski definition) is 2. The van der Waals surface area contributed by atoms with E-state index in [0.29, 0.717) is 35.5 Å². The van der Waals surface area contributed by atoms with Crippen LogP contribution < -0.4 is 15.2 Å². The van der Waals surface area contributed by atoms with Gasteiger partial charge >= 0.3 is 0 Å². The summed E-state index contributed by atoms with van der Waals surface area (Å²) in [7, 11) is 4.81. The highest BCUT2D eigenvalue weighted by Gasteiger charge is 2.24. The van der Waals surface area contributed by atoms with Crippen molar-refractivity contribution in [3.8, 4) is 34.1 Å². The molecule has 154 valence electrons. The number of aromatic amines is 1. The number of methoxy groups -OCH3 is 3. The lowest BCUT2D eigenvalue weighted by Crippen LogP contribution is -2.23. The summed E-state index contributed by atoms with van der Waals surface area (Å²) in [6.07, 6.45) is 5.47. The van der Waals surface area contributed by atoms with Crippen molar-refractivity contribution in [3.63, 3.8) is 0 Å². The Morgan fingerprint density at radius 1 is 0.967 bits per heavy atom. The number of hydrogen-bond acceptors (Lipinski definition) is 7. The number of amidine groups is 1. The third kappa shape index (κ3) is 3.59. The molecule has 0 aliphatic carbocycles. The molecule has 0 amide bonds. The van der Waals surface area contributed by atoms with Gasteiger partial charge in [0, 0.05) is 29.4 Å². The van der Waals surface area contributed by atoms with Crippen LogP contribution in [-0.2, 0) is 4.74 Å². The zero-order chi connectivity index (χ0) is 21.1. The van der Waals surface area contributed by atoms with E-state index in [4.69, 9.17) is 24.9 Å². The lowest BCUT2D eigenvalue weighted by Gasteiger charge is -2.18. The van der Waals surface area contributed by atoms with Gasteiger partial charge in [-0.2, -0.15) is 0 Å². The van der Waals surface area contributed by atoms with E-state index in [0.717, 1.165) is 22.5 Å². The lowest BCUT2D eigenvalue weighted by molar-refractivity contribution is 0.309. The molecular formula is C22H23N5O3. The molecule has 1 aromatic carbocycles. The van der Waals surface area contributed by atoms with Crippen LogP contribution >= 0.6 is 0 Å². The van der Waals surface area contributed by atoms with Gasteiger partial charge in [0.25, 0.3) is 0 Å². The molecule has 4 rings (SSSR count). The molecule has 1 aliphatic rings. The molecule has 30 heavy (non-hydrogen) atoms. The maximum Gasteiger partial charge on any atom is 0.161 e. The predicted molar refractivity (Wildman–Crippen MR) is 115 cm³/mol. The smallest absolute Gasteiger partial charge is 0.161 e. The van der Waals surface area contributed by atoms with E-state index in [2.05, 4.69) is 15.0 Å². The second-order valence-corrected chi connectivity index (χ2v) is 6.72. The Labute approximate surface area is 174 Å². The van der Waals surface area contributed by atoms with Crippen molar-refractivity contribution in [3.05, 3.63) is 60.3 Å². The largest absolute Gasteiger partial charge is 0.493 e. The highest BCUT2D eigenvalue weighted by Crippen LogP contribution is 2.36. The number of nitrogens with zero attached hydrogens (tertiary/aromatic N) is 3. The highest BCUT2D eigenvalue weighted by atomic mass is 16.5. The van der Waals surface area contributed by atoms with Crippen LogP contribution in [0, 0.1) is 0 Å². The summed E-state index contributed by atoms with van der Waals surface area (Å²) in [5, 5.41) is 0. The third-order valence-corrected chi connectivity index (χ3v) is 5.00. The van der Waals surface area contributed by atoms with Crippen LogP contribution in [0.2, 0.25) is 0 Å². The Hall–Kier alpha value is -3.81. The number of H-pyrrole nitrogens is 1. The van der Waals surface area contributed by atoms with Crippen molar-refractivity contribution in [1.29, 1.82) is 0 Å². The zero-order valence-corrected chi connectivity index (χ0v) is 17.0. The molecule has 3 heterocycles. The van der Waals surface area contributed by atoms with Gasteiger partial charge in [-0.1, -0.05) is 0 Å². The third-order valence-electron chi connectivity index (χ3n) is 5.00. The van der Waals surface area contributed by atoms with Crippen molar-refractivity contribution < 1.29 is 14.2 Å². The van der Waals surface area contributed by atoms with Crippen molar-refractivity contribution in [2.24, 2.45) is 10.7 Å². The number of rotatable bonds is 6. The van der Waals surface area contributed by atoms with E-state index in [1.807, 2.05) is 36.4 Å². The predicted octanol–water partition coefficient (Wildman–Crippen LogP) is 3.14. The number of nitrogens with one attached hydrogen (secondary N) is 1. The van der Waals surface area contributed by atoms with Crippen LogP contribution in [0.15, 0.2) is 59.6 Å². The highest BCUT2D eigenvalue weighted by molar-refractivity contribution is 5.96. The number of nitrogens with two attached hydrogens (primary N) is 1. The summed E-state index contributed by atoms with van der Waals surface area (Å²) < 4.78 is 16.2. The maximum atomic E-state index is 5.93. The van der Waals surface area contributed by atoms with Gasteiger partial charge in [-0.25, -0.2) is 4.98 Å². The van der Waals surface area contributed by atoms with E-state index in [1.54, 1.807) is 33.7 Å². The van der Waals surface area contributed by atoms with Gasteiger partial charge in [0.05, 0.1) is 39.3 Å². The summed E-state index contributed by atoms with van der Waals surface area (Å²) in [5.41, 5.74) is 9.52. The first-order chi connectivity index (χ1) is 14.6. The molecule has 0 saturated heterocycles. The fraction of sp³-hybridized carbons (Fsp3) is 0.227. The standard InChI is InChI=1S/C22H23N5O3/c1-28-16-5-4-14(10-17(16)29-2)22-26-19(13-6-8-24-9-7-13)20(27-22)15-11-18(30-3)21(23)25-12-15/h4-11,15H,12H2,1-3H3,(H2,23,25)(H,26,27). The molecule has 1 unspecified atom stereocenters. The number of aliphatic imine (C=N–C) groups is 1. The van der Waals surface area contributed by atoms with Gasteiger partial charge in [-0.3, -0.25) is 9.98 Å². The second-order valence-electron chi connectivity index (χ2n) is 6.72. The van der Waals surface area contributed by atoms with Crippen LogP contribution in [0.5, 0.6) is 11.5 Å². The maximum absolute atomic E-state index is 5.93. The van der Waals surface area contributed by atoms with E-state index in [-0.39, 0.29) is 5.92 Å². The summed E-state index contributed by atoms with van der Waals surface area (Å²) in [6, 6.07) is 9.55. The van der Waals surface area contributed by atoms with Crippen molar-refractivity contribution >= 4 is 5.84 Å². The van der Waals surface area contributed by atoms with Crippen LogP contribution in [0.4, 0.5) is 0 Å². The summed E-state index contributed by atoms with van der Waals surface area (Å²) in [5.74, 6) is 2.92. The number of ether oxygens (including phenoxy) is 3. The number of benzene rings is 1. The Kier molecular flexibility index (Phi) is 5.38. The number of imidazole rings is 1. The average Bonchev–Trinajstić information content (AvgIpc) is 3.25. The van der Waals surface area contributed by atoms with Gasteiger partial charge in [0.1, 0.15) is 5.82 Å². The molecule has 8 heteroatoms. The molecule has 0 spiro atoms. The second kappa shape index (κ2) is 8.28. The molecule has 1 aliphatic heterocycles. The molecule has 0 fully saturated rings. The molecule has 0 radical (unpaired) electrons. The minimum atomic E-state index is -0.0585. The molecule has 2 aromatic heterocycles. The monoisotopic (exact) mass is 405 g/mol. The topological polar surface area (TPSA) is 108 Å². The summed E-state index contributed by atoms with van der Waals surface area (Å²) >= 11 is 0. The Morgan fingerprint density at radius 2 is 1.73 bits per heavy atom. The molecule has 3 aromatic rings. The molecule has 3 N–H and O–H groups in total. The normalized spacial score (nSPS) is 15.9. The first-order valence-corrected chi connectivity index (χ1v) is 9.43. The Balaban J connectivity index is 1.83. The van der Waals surface area contributed by atoms with Crippen LogP contribution in [0.3, 0.4) is 0 Å². The SMILES string of the molecule is COC1=CC(c2[nH]c(-c3ccc(OC)c(OC)c3)nc2-c2ccncc2)CN=C1N. The molecular weight excluding hydrogens is 382 g/mol. The molecule has 0 bridgehead atoms. The number of aromatic nitrogens is 3. The quantitative estimate of drug-likeness (QED) is 0.652. The van der Waals surface area contributed by atoms with E-state index >= 15 is 0 Å². The van der Waals surface area contributed by atoms with E-state index in [1.165, 1.54) is 0 Å². The van der Waals surface area contributed by atoms with Gasteiger partial charge in [-0.05, 0) is 36.4 Å². The van der Waals surface area contributed by atoms with Crippen LogP contribution in [0.25, 0.3) is 22.6 Å².